The highest BCUT2D eigenvalue weighted by Crippen LogP contribution is 2.52. The summed E-state index contributed by atoms with van der Waals surface area (Å²) in [7, 11) is 0. The lowest BCUT2D eigenvalue weighted by Crippen LogP contribution is -2.14. The van der Waals surface area contributed by atoms with Gasteiger partial charge in [-0.15, -0.1) is 23.1 Å². The predicted octanol–water partition coefficient (Wildman–Crippen LogP) is 17.2. The van der Waals surface area contributed by atoms with Crippen LogP contribution in [0.15, 0.2) is 222 Å². The highest BCUT2D eigenvalue weighted by Gasteiger charge is 2.36. The molecule has 60 heavy (non-hydrogen) atoms. The maximum atomic E-state index is 4.01. The summed E-state index contributed by atoms with van der Waals surface area (Å²) < 4.78 is 0. The molecule has 7 aromatic carbocycles. The zero-order chi connectivity index (χ0) is 41.2. The first kappa shape index (κ1) is 39.4. The monoisotopic (exact) mass is 827 g/mol. The molecule has 1 nitrogen and oxygen atoms in total. The Hall–Kier alpha value is -6.04. The molecule has 292 valence electrons. The minimum absolute atomic E-state index is 0.0821. The third-order valence-corrected chi connectivity index (χ3v) is 14.6. The first-order valence-electron chi connectivity index (χ1n) is 20.2. The van der Waals surface area contributed by atoms with E-state index in [1.807, 2.05) is 35.3 Å². The molecule has 0 unspecified atom stereocenters. The van der Waals surface area contributed by atoms with Gasteiger partial charge in [0, 0.05) is 46.9 Å². The molecule has 0 saturated heterocycles. The summed E-state index contributed by atoms with van der Waals surface area (Å²) in [6.45, 7) is 12.6. The number of rotatable bonds is 12. The highest BCUT2D eigenvalue weighted by atomic mass is 32.2. The summed E-state index contributed by atoms with van der Waals surface area (Å²) in [5.74, 6) is 0. The van der Waals surface area contributed by atoms with Gasteiger partial charge < -0.3 is 4.90 Å². The van der Waals surface area contributed by atoms with E-state index in [1.165, 1.54) is 68.9 Å². The lowest BCUT2D eigenvalue weighted by atomic mass is 9.82. The summed E-state index contributed by atoms with van der Waals surface area (Å²) >= 11 is 5.51. The predicted molar refractivity (Wildman–Crippen MR) is 264 cm³/mol. The first-order valence-corrected chi connectivity index (χ1v) is 23.0. The van der Waals surface area contributed by atoms with Gasteiger partial charge in [-0.1, -0.05) is 154 Å². The molecule has 0 amide bonds. The second-order valence-corrected chi connectivity index (χ2v) is 18.5. The minimum Gasteiger partial charge on any atom is -0.311 e. The molecule has 0 atom stereocenters. The van der Waals surface area contributed by atoms with E-state index in [2.05, 4.69) is 214 Å². The Bertz CT molecular complexity index is 2860. The van der Waals surface area contributed by atoms with Crippen molar-refractivity contribution in [2.75, 3.05) is 11.2 Å². The van der Waals surface area contributed by atoms with Crippen LogP contribution in [-0.2, 0) is 5.41 Å². The normalized spacial score (nSPS) is 12.8. The van der Waals surface area contributed by atoms with Crippen LogP contribution in [-0.4, -0.2) is 6.26 Å². The quantitative estimate of drug-likeness (QED) is 0.0892. The van der Waals surface area contributed by atoms with Crippen LogP contribution in [0.25, 0.3) is 48.7 Å². The van der Waals surface area contributed by atoms with Gasteiger partial charge in [-0.2, -0.15) is 0 Å². The Balaban J connectivity index is 0.996. The van der Waals surface area contributed by atoms with Crippen LogP contribution in [0.5, 0.6) is 0 Å². The van der Waals surface area contributed by atoms with Crippen LogP contribution < -0.4 is 4.90 Å². The fraction of sp³-hybridized carbons (Fsp3) is 0.0714. The van der Waals surface area contributed by atoms with Crippen LogP contribution >= 0.6 is 34.9 Å². The van der Waals surface area contributed by atoms with Gasteiger partial charge >= 0.3 is 0 Å². The standard InChI is InChI=1S/C56H45NS3/c1-6-13-38(7-2)40-18-25-44(26-19-40)57(45-27-20-41(21-28-45)39-14-9-8-10-15-39)46-29-22-42(23-30-46)52-34-35-53(60-52)43-24-32-48-49-37-47(59-55-17-12-11-16-54(55)58-5)31-33-50(49)56(3,4)51(48)36-43/h6-37H,1-2H2,3-5H3/b38-13+. The zero-order valence-electron chi connectivity index (χ0n) is 34.1. The molecular weight excluding hydrogens is 783 g/mol. The largest absolute Gasteiger partial charge is 0.311 e. The highest BCUT2D eigenvalue weighted by molar-refractivity contribution is 8.02. The summed E-state index contributed by atoms with van der Waals surface area (Å²) in [6.07, 6.45) is 7.82. The van der Waals surface area contributed by atoms with Crippen molar-refractivity contribution in [3.05, 3.63) is 224 Å². The summed E-state index contributed by atoms with van der Waals surface area (Å²) in [6, 6.07) is 64.4. The molecule has 9 rings (SSSR count). The smallest absolute Gasteiger partial charge is 0.0462 e. The zero-order valence-corrected chi connectivity index (χ0v) is 36.5. The van der Waals surface area contributed by atoms with Gasteiger partial charge in [0.25, 0.3) is 0 Å². The van der Waals surface area contributed by atoms with Crippen molar-refractivity contribution in [2.45, 2.75) is 33.9 Å². The van der Waals surface area contributed by atoms with Gasteiger partial charge in [0.15, 0.2) is 0 Å². The number of allylic oxidation sites excluding steroid dienone is 4. The van der Waals surface area contributed by atoms with E-state index in [9.17, 15) is 0 Å². The lowest BCUT2D eigenvalue weighted by Gasteiger charge is -2.26. The Kier molecular flexibility index (Phi) is 11.1. The molecule has 0 fully saturated rings. The van der Waals surface area contributed by atoms with Crippen LogP contribution in [0.3, 0.4) is 0 Å². The molecular formula is C56H45NS3. The lowest BCUT2D eigenvalue weighted by molar-refractivity contribution is 0.660. The Labute approximate surface area is 367 Å². The van der Waals surface area contributed by atoms with Gasteiger partial charge in [0.1, 0.15) is 0 Å². The molecule has 0 saturated carbocycles. The second kappa shape index (κ2) is 16.9. The maximum absolute atomic E-state index is 4.01. The summed E-state index contributed by atoms with van der Waals surface area (Å²) in [5.41, 5.74) is 15.7. The number of thioether (sulfide) groups is 1. The van der Waals surface area contributed by atoms with E-state index in [4.69, 9.17) is 0 Å². The van der Waals surface area contributed by atoms with Gasteiger partial charge in [0.05, 0.1) is 0 Å². The molecule has 4 heteroatoms. The molecule has 0 N–H and O–H groups in total. The van der Waals surface area contributed by atoms with Crippen LogP contribution in [0, 0.1) is 0 Å². The van der Waals surface area contributed by atoms with Gasteiger partial charge in [-0.3, -0.25) is 0 Å². The fourth-order valence-electron chi connectivity index (χ4n) is 8.30. The van der Waals surface area contributed by atoms with Crippen molar-refractivity contribution in [2.24, 2.45) is 0 Å². The third-order valence-electron chi connectivity index (χ3n) is 11.5. The van der Waals surface area contributed by atoms with Crippen molar-refractivity contribution < 1.29 is 0 Å². The molecule has 0 radical (unpaired) electrons. The number of thiophene rings is 1. The van der Waals surface area contributed by atoms with Crippen molar-refractivity contribution in [3.63, 3.8) is 0 Å². The van der Waals surface area contributed by atoms with Crippen LogP contribution in [0.2, 0.25) is 0 Å². The van der Waals surface area contributed by atoms with Gasteiger partial charge in [-0.05, 0) is 141 Å². The van der Waals surface area contributed by atoms with E-state index in [0.717, 1.165) is 28.2 Å². The van der Waals surface area contributed by atoms with Gasteiger partial charge in [-0.25, -0.2) is 0 Å². The van der Waals surface area contributed by atoms with E-state index >= 15 is 0 Å². The second-order valence-electron chi connectivity index (χ2n) is 15.4. The van der Waals surface area contributed by atoms with Gasteiger partial charge in [0.2, 0.25) is 0 Å². The first-order chi connectivity index (χ1) is 29.3. The van der Waals surface area contributed by atoms with E-state index < -0.39 is 0 Å². The molecule has 1 aromatic heterocycles. The summed E-state index contributed by atoms with van der Waals surface area (Å²) in [4.78, 5) is 8.74. The SMILES string of the molecule is C=C/C=C(\C=C)c1ccc(N(c2ccc(-c3ccccc3)cc2)c2ccc(-c3ccc(-c4ccc5c(c4)C(C)(C)c4ccc(Sc6ccccc6SC)cc4-5)s3)cc2)cc1. The average molecular weight is 828 g/mol. The molecule has 0 spiro atoms. The molecule has 1 aliphatic carbocycles. The Morgan fingerprint density at radius 3 is 1.78 bits per heavy atom. The molecule has 1 aliphatic rings. The van der Waals surface area contributed by atoms with Crippen LogP contribution in [0.4, 0.5) is 17.1 Å². The third kappa shape index (κ3) is 7.63. The van der Waals surface area contributed by atoms with E-state index in [0.29, 0.717) is 0 Å². The number of hydrogen-bond acceptors (Lipinski definition) is 4. The molecule has 8 aromatic rings. The Morgan fingerprint density at radius 2 is 1.13 bits per heavy atom. The van der Waals surface area contributed by atoms with Crippen LogP contribution in [0.1, 0.15) is 30.5 Å². The van der Waals surface area contributed by atoms with E-state index in [-0.39, 0.29) is 5.41 Å². The van der Waals surface area contributed by atoms with Crippen molar-refractivity contribution in [1.29, 1.82) is 0 Å². The average Bonchev–Trinajstić information content (AvgIpc) is 3.87. The number of fused-ring (bicyclic) bond motifs is 3. The van der Waals surface area contributed by atoms with Crippen molar-refractivity contribution >= 4 is 57.5 Å². The number of hydrogen-bond donors (Lipinski definition) is 0. The number of anilines is 3. The Morgan fingerprint density at radius 1 is 0.550 bits per heavy atom. The minimum atomic E-state index is -0.0821. The van der Waals surface area contributed by atoms with E-state index in [1.54, 1.807) is 17.8 Å². The topological polar surface area (TPSA) is 3.24 Å². The molecule has 0 aliphatic heterocycles. The number of nitrogens with zero attached hydrogens (tertiary/aromatic N) is 1. The molecule has 0 bridgehead atoms. The maximum Gasteiger partial charge on any atom is 0.0462 e. The summed E-state index contributed by atoms with van der Waals surface area (Å²) in [5, 5.41) is 0. The fourth-order valence-corrected chi connectivity index (χ4v) is 11.0. The van der Waals surface area contributed by atoms with Crippen molar-refractivity contribution in [3.8, 4) is 43.1 Å². The molecule has 1 heterocycles. The van der Waals surface area contributed by atoms with Crippen molar-refractivity contribution in [1.82, 2.24) is 0 Å². The number of benzene rings is 7.